The molecule has 0 aliphatic rings. The summed E-state index contributed by atoms with van der Waals surface area (Å²) in [5.41, 5.74) is 2.00. The van der Waals surface area contributed by atoms with Crippen LogP contribution in [0.2, 0.25) is 0 Å². The van der Waals surface area contributed by atoms with E-state index < -0.39 is 23.8 Å². The molecule has 2 rings (SSSR count). The average molecular weight is 349 g/mol. The van der Waals surface area contributed by atoms with Crippen molar-refractivity contribution >= 4 is 17.6 Å². The van der Waals surface area contributed by atoms with Crippen molar-refractivity contribution < 1.29 is 23.5 Å². The molecule has 0 saturated carbocycles. The Labute approximate surface area is 144 Å². The fourth-order valence-corrected chi connectivity index (χ4v) is 2.25. The van der Waals surface area contributed by atoms with Crippen LogP contribution in [0.5, 0.6) is 5.75 Å². The fraction of sp³-hybridized carbons (Fsp3) is 0.353. The van der Waals surface area contributed by atoms with Gasteiger partial charge in [0, 0.05) is 7.05 Å². The molecule has 1 atom stereocenters. The second-order valence-corrected chi connectivity index (χ2v) is 5.56. The molecule has 25 heavy (non-hydrogen) atoms. The highest BCUT2D eigenvalue weighted by Gasteiger charge is 2.22. The zero-order chi connectivity index (χ0) is 18.7. The van der Waals surface area contributed by atoms with Crippen molar-refractivity contribution in [1.29, 1.82) is 0 Å². The average Bonchev–Trinajstić information content (AvgIpc) is 2.80. The number of ether oxygens (including phenoxy) is 2. The van der Waals surface area contributed by atoms with Gasteiger partial charge in [-0.05, 0) is 39.0 Å². The Morgan fingerprint density at radius 2 is 2.00 bits per heavy atom. The van der Waals surface area contributed by atoms with Crippen LogP contribution in [0.3, 0.4) is 0 Å². The number of anilines is 1. The van der Waals surface area contributed by atoms with Gasteiger partial charge in [-0.2, -0.15) is 5.10 Å². The van der Waals surface area contributed by atoms with E-state index in [2.05, 4.69) is 10.4 Å². The lowest BCUT2D eigenvalue weighted by molar-refractivity contribution is -0.123. The first-order chi connectivity index (χ1) is 11.7. The van der Waals surface area contributed by atoms with Crippen LogP contribution in [0.15, 0.2) is 18.2 Å². The molecule has 0 unspecified atom stereocenters. The molecule has 8 heteroatoms. The third-order valence-electron chi connectivity index (χ3n) is 3.80. The van der Waals surface area contributed by atoms with Gasteiger partial charge in [-0.15, -0.1) is 0 Å². The maximum atomic E-state index is 13.7. The van der Waals surface area contributed by atoms with E-state index in [-0.39, 0.29) is 11.3 Å². The summed E-state index contributed by atoms with van der Waals surface area (Å²) in [7, 11) is 3.09. The highest BCUT2D eigenvalue weighted by atomic mass is 19.1. The van der Waals surface area contributed by atoms with Crippen LogP contribution in [0.25, 0.3) is 0 Å². The smallest absolute Gasteiger partial charge is 0.339 e. The van der Waals surface area contributed by atoms with Crippen LogP contribution in [0, 0.1) is 19.7 Å². The first-order valence-corrected chi connectivity index (χ1v) is 7.60. The number of carbonyl (C=O) groups excluding carboxylic acids is 2. The predicted octanol–water partition coefficient (Wildman–Crippen LogP) is 2.37. The third kappa shape index (κ3) is 3.96. The third-order valence-corrected chi connectivity index (χ3v) is 3.80. The largest absolute Gasteiger partial charge is 0.494 e. The molecule has 0 radical (unpaired) electrons. The van der Waals surface area contributed by atoms with E-state index in [4.69, 9.17) is 9.47 Å². The van der Waals surface area contributed by atoms with E-state index in [0.717, 1.165) is 11.8 Å². The molecular weight excluding hydrogens is 329 g/mol. The van der Waals surface area contributed by atoms with Gasteiger partial charge in [0.25, 0.3) is 5.91 Å². The number of hydrogen-bond donors (Lipinski definition) is 1. The molecule has 0 spiro atoms. The van der Waals surface area contributed by atoms with E-state index >= 15 is 0 Å². The molecule has 1 aromatic carbocycles. The predicted molar refractivity (Wildman–Crippen MR) is 89.1 cm³/mol. The van der Waals surface area contributed by atoms with Gasteiger partial charge in [0.1, 0.15) is 0 Å². The molecule has 134 valence electrons. The molecule has 1 aromatic heterocycles. The molecule has 1 heterocycles. The van der Waals surface area contributed by atoms with Crippen molar-refractivity contribution in [3.63, 3.8) is 0 Å². The minimum Gasteiger partial charge on any atom is -0.494 e. The number of methoxy groups -OCH3 is 1. The van der Waals surface area contributed by atoms with Gasteiger partial charge in [0.15, 0.2) is 17.7 Å². The lowest BCUT2D eigenvalue weighted by Gasteiger charge is -2.14. The molecule has 0 fully saturated rings. The van der Waals surface area contributed by atoms with Gasteiger partial charge in [0.2, 0.25) is 0 Å². The molecule has 1 amide bonds. The number of aryl methyl sites for hydroxylation is 2. The van der Waals surface area contributed by atoms with Gasteiger partial charge in [-0.25, -0.2) is 9.18 Å². The molecule has 0 aliphatic heterocycles. The Morgan fingerprint density at radius 3 is 2.52 bits per heavy atom. The van der Waals surface area contributed by atoms with Crippen LogP contribution in [0.4, 0.5) is 10.1 Å². The van der Waals surface area contributed by atoms with Crippen LogP contribution >= 0.6 is 0 Å². The van der Waals surface area contributed by atoms with Crippen LogP contribution < -0.4 is 10.1 Å². The number of nitrogens with zero attached hydrogens (tertiary/aromatic N) is 2. The molecule has 1 N–H and O–H groups in total. The highest BCUT2D eigenvalue weighted by molar-refractivity contribution is 5.98. The Kier molecular flexibility index (Phi) is 5.41. The number of nitrogens with one attached hydrogen (secondary N) is 1. The number of halogens is 1. The Balaban J connectivity index is 2.05. The van der Waals surface area contributed by atoms with Crippen molar-refractivity contribution in [3.8, 4) is 5.75 Å². The minimum absolute atomic E-state index is 0.00770. The second kappa shape index (κ2) is 7.33. The number of aromatic nitrogens is 2. The summed E-state index contributed by atoms with van der Waals surface area (Å²) in [6.45, 7) is 5.01. The number of amides is 1. The number of esters is 1. The number of benzene rings is 1. The fourth-order valence-electron chi connectivity index (χ4n) is 2.25. The number of carbonyl (C=O) groups is 2. The van der Waals surface area contributed by atoms with E-state index in [1.54, 1.807) is 18.7 Å². The molecule has 0 saturated heterocycles. The lowest BCUT2D eigenvalue weighted by Crippen LogP contribution is -2.30. The van der Waals surface area contributed by atoms with Gasteiger partial charge in [-0.3, -0.25) is 9.48 Å². The first-order valence-electron chi connectivity index (χ1n) is 7.60. The Hall–Kier alpha value is -2.90. The van der Waals surface area contributed by atoms with Crippen LogP contribution in [-0.2, 0) is 16.6 Å². The van der Waals surface area contributed by atoms with Gasteiger partial charge in [0.05, 0.1) is 29.7 Å². The summed E-state index contributed by atoms with van der Waals surface area (Å²) in [6.07, 6.45) is -1.06. The topological polar surface area (TPSA) is 82.4 Å². The maximum absolute atomic E-state index is 13.7. The summed E-state index contributed by atoms with van der Waals surface area (Å²) in [5, 5.41) is 6.89. The normalized spacial score (nSPS) is 11.8. The molecule has 7 nitrogen and oxygen atoms in total. The van der Waals surface area contributed by atoms with Crippen LogP contribution in [-0.4, -0.2) is 34.9 Å². The quantitative estimate of drug-likeness (QED) is 0.838. The van der Waals surface area contributed by atoms with E-state index in [9.17, 15) is 14.0 Å². The first kappa shape index (κ1) is 18.4. The molecule has 2 aromatic rings. The number of hydrogen-bond acceptors (Lipinski definition) is 5. The van der Waals surface area contributed by atoms with Gasteiger partial charge in [-0.1, -0.05) is 0 Å². The Bertz CT molecular complexity index is 816. The minimum atomic E-state index is -1.06. The zero-order valence-electron chi connectivity index (χ0n) is 14.7. The zero-order valence-corrected chi connectivity index (χ0v) is 14.7. The van der Waals surface area contributed by atoms with Gasteiger partial charge >= 0.3 is 5.97 Å². The molecule has 0 bridgehead atoms. The van der Waals surface area contributed by atoms with E-state index in [0.29, 0.717) is 11.4 Å². The molecular formula is C17H20FN3O4. The van der Waals surface area contributed by atoms with Crippen molar-refractivity contribution in [2.45, 2.75) is 26.9 Å². The SMILES string of the molecule is COc1ccc(C(=O)O[C@@H](C)C(=O)Nc2c(C)nn(C)c2C)cc1F. The van der Waals surface area contributed by atoms with Crippen LogP contribution in [0.1, 0.15) is 28.7 Å². The van der Waals surface area contributed by atoms with Crippen molar-refractivity contribution in [1.82, 2.24) is 9.78 Å². The summed E-state index contributed by atoms with van der Waals surface area (Å²) in [4.78, 5) is 24.3. The lowest BCUT2D eigenvalue weighted by atomic mass is 10.2. The molecule has 0 aliphatic carbocycles. The van der Waals surface area contributed by atoms with E-state index in [1.807, 2.05) is 6.92 Å². The summed E-state index contributed by atoms with van der Waals surface area (Å²) >= 11 is 0. The van der Waals surface area contributed by atoms with Crippen molar-refractivity contribution in [3.05, 3.63) is 41.0 Å². The standard InChI is InChI=1S/C17H20FN3O4/c1-9-15(10(2)21(4)20-9)19-16(22)11(3)25-17(23)12-6-7-14(24-5)13(18)8-12/h6-8,11H,1-5H3,(H,19,22)/t11-/m0/s1. The monoisotopic (exact) mass is 349 g/mol. The Morgan fingerprint density at radius 1 is 1.32 bits per heavy atom. The summed E-state index contributed by atoms with van der Waals surface area (Å²) < 4.78 is 25.2. The maximum Gasteiger partial charge on any atom is 0.339 e. The van der Waals surface area contributed by atoms with Gasteiger partial charge < -0.3 is 14.8 Å². The number of rotatable bonds is 5. The summed E-state index contributed by atoms with van der Waals surface area (Å²) in [6, 6.07) is 3.69. The van der Waals surface area contributed by atoms with Crippen molar-refractivity contribution in [2.75, 3.05) is 12.4 Å². The van der Waals surface area contributed by atoms with Crippen molar-refractivity contribution in [2.24, 2.45) is 7.05 Å². The second-order valence-electron chi connectivity index (χ2n) is 5.56. The summed E-state index contributed by atoms with van der Waals surface area (Å²) in [5.74, 6) is -1.97. The van der Waals surface area contributed by atoms with E-state index in [1.165, 1.54) is 26.2 Å². The highest BCUT2D eigenvalue weighted by Crippen LogP contribution is 2.20.